The van der Waals surface area contributed by atoms with Gasteiger partial charge in [-0.25, -0.2) is 0 Å². The first-order valence-electron chi connectivity index (χ1n) is 6.46. The van der Waals surface area contributed by atoms with Crippen molar-refractivity contribution >= 4 is 5.91 Å². The van der Waals surface area contributed by atoms with Crippen LogP contribution < -0.4 is 10.6 Å². The number of likely N-dealkylation sites (N-methyl/N-ethyl adjacent to an activating group) is 1. The van der Waals surface area contributed by atoms with E-state index in [1.807, 2.05) is 0 Å². The molecule has 0 unspecified atom stereocenters. The molecule has 1 amide bonds. The first kappa shape index (κ1) is 13.5. The van der Waals surface area contributed by atoms with E-state index in [2.05, 4.69) is 29.4 Å². The molecule has 1 aliphatic heterocycles. The lowest BCUT2D eigenvalue weighted by Crippen LogP contribution is -2.42. The summed E-state index contributed by atoms with van der Waals surface area (Å²) in [5.74, 6) is 0.938. The van der Waals surface area contributed by atoms with Gasteiger partial charge in [0, 0.05) is 19.5 Å². The fourth-order valence-corrected chi connectivity index (χ4v) is 1.87. The minimum Gasteiger partial charge on any atom is -0.355 e. The lowest BCUT2D eigenvalue weighted by atomic mass is 9.97. The molecule has 94 valence electrons. The predicted molar refractivity (Wildman–Crippen MR) is 66.4 cm³/mol. The number of amides is 1. The lowest BCUT2D eigenvalue weighted by Gasteiger charge is -2.26. The molecular weight excluding hydrogens is 202 g/mol. The Morgan fingerprint density at radius 2 is 2.06 bits per heavy atom. The van der Waals surface area contributed by atoms with Gasteiger partial charge < -0.3 is 15.5 Å². The first-order chi connectivity index (χ1) is 7.76. The average molecular weight is 227 g/mol. The summed E-state index contributed by atoms with van der Waals surface area (Å²) in [6, 6.07) is 0. The second kappa shape index (κ2) is 7.63. The van der Waals surface area contributed by atoms with Gasteiger partial charge in [0.05, 0.1) is 0 Å². The monoisotopic (exact) mass is 227 g/mol. The quantitative estimate of drug-likeness (QED) is 0.632. The Hall–Kier alpha value is -0.610. The Labute approximate surface area is 98.8 Å². The molecule has 0 radical (unpaired) electrons. The van der Waals surface area contributed by atoms with Crippen LogP contribution in [0.4, 0.5) is 0 Å². The summed E-state index contributed by atoms with van der Waals surface area (Å²) in [6.45, 7) is 10.3. The molecule has 0 aliphatic carbocycles. The zero-order chi connectivity index (χ0) is 11.8. The summed E-state index contributed by atoms with van der Waals surface area (Å²) in [6.07, 6.45) is 1.72. The van der Waals surface area contributed by atoms with Gasteiger partial charge in [0.1, 0.15) is 0 Å². The Balaban J connectivity index is 1.96. The van der Waals surface area contributed by atoms with Crippen LogP contribution in [0.5, 0.6) is 0 Å². The van der Waals surface area contributed by atoms with E-state index >= 15 is 0 Å². The molecule has 1 fully saturated rings. The number of hydrogen-bond acceptors (Lipinski definition) is 3. The maximum absolute atomic E-state index is 11.5. The van der Waals surface area contributed by atoms with Gasteiger partial charge in [0.15, 0.2) is 0 Å². The number of carbonyl (C=O) groups excluding carboxylic acids is 1. The van der Waals surface area contributed by atoms with Gasteiger partial charge in [-0.15, -0.1) is 0 Å². The van der Waals surface area contributed by atoms with E-state index in [4.69, 9.17) is 0 Å². The molecule has 0 atom stereocenters. The van der Waals surface area contributed by atoms with E-state index in [-0.39, 0.29) is 5.91 Å². The summed E-state index contributed by atoms with van der Waals surface area (Å²) in [5, 5.41) is 6.20. The molecule has 1 rings (SSSR count). The van der Waals surface area contributed by atoms with E-state index < -0.39 is 0 Å². The maximum Gasteiger partial charge on any atom is 0.220 e. The van der Waals surface area contributed by atoms with Crippen LogP contribution in [0.25, 0.3) is 0 Å². The molecule has 0 aromatic rings. The molecule has 0 aromatic carbocycles. The van der Waals surface area contributed by atoms with Gasteiger partial charge in [-0.1, -0.05) is 13.8 Å². The van der Waals surface area contributed by atoms with Crippen molar-refractivity contribution in [3.05, 3.63) is 0 Å². The molecule has 1 saturated heterocycles. The van der Waals surface area contributed by atoms with Crippen molar-refractivity contribution in [2.45, 2.75) is 26.7 Å². The van der Waals surface area contributed by atoms with Crippen molar-refractivity contribution in [1.82, 2.24) is 15.5 Å². The molecule has 0 saturated carbocycles. The molecular formula is C12H25N3O. The highest BCUT2D eigenvalue weighted by molar-refractivity contribution is 5.75. The number of nitrogens with zero attached hydrogens (tertiary/aromatic N) is 1. The number of nitrogens with one attached hydrogen (secondary N) is 2. The summed E-state index contributed by atoms with van der Waals surface area (Å²) in [7, 11) is 0. The van der Waals surface area contributed by atoms with Crippen LogP contribution in [0.2, 0.25) is 0 Å². The molecule has 1 heterocycles. The van der Waals surface area contributed by atoms with E-state index in [9.17, 15) is 4.79 Å². The van der Waals surface area contributed by atoms with Crippen LogP contribution in [-0.4, -0.2) is 50.1 Å². The van der Waals surface area contributed by atoms with Crippen molar-refractivity contribution in [3.8, 4) is 0 Å². The third kappa shape index (κ3) is 4.94. The Morgan fingerprint density at radius 3 is 2.56 bits per heavy atom. The summed E-state index contributed by atoms with van der Waals surface area (Å²) < 4.78 is 0. The Morgan fingerprint density at radius 1 is 1.38 bits per heavy atom. The molecule has 4 heteroatoms. The zero-order valence-electron chi connectivity index (χ0n) is 10.6. The van der Waals surface area contributed by atoms with Gasteiger partial charge in [-0.05, 0) is 38.5 Å². The average Bonchev–Trinajstić information content (AvgIpc) is 2.22. The number of carbonyl (C=O) groups is 1. The van der Waals surface area contributed by atoms with E-state index in [1.165, 1.54) is 0 Å². The number of rotatable bonds is 8. The smallest absolute Gasteiger partial charge is 0.220 e. The lowest BCUT2D eigenvalue weighted by molar-refractivity contribution is -0.121. The van der Waals surface area contributed by atoms with Crippen molar-refractivity contribution in [1.29, 1.82) is 0 Å². The van der Waals surface area contributed by atoms with Gasteiger partial charge in [0.25, 0.3) is 0 Å². The summed E-state index contributed by atoms with van der Waals surface area (Å²) in [5.41, 5.74) is 0. The van der Waals surface area contributed by atoms with Crippen LogP contribution in [0, 0.1) is 5.92 Å². The van der Waals surface area contributed by atoms with Gasteiger partial charge >= 0.3 is 0 Å². The predicted octanol–water partition coefficient (Wildman–Crippen LogP) is 0.444. The third-order valence-corrected chi connectivity index (χ3v) is 3.29. The first-order valence-corrected chi connectivity index (χ1v) is 6.46. The van der Waals surface area contributed by atoms with Crippen LogP contribution in [0.3, 0.4) is 0 Å². The van der Waals surface area contributed by atoms with Gasteiger partial charge in [-0.3, -0.25) is 4.79 Å². The highest BCUT2D eigenvalue weighted by atomic mass is 16.1. The van der Waals surface area contributed by atoms with Gasteiger partial charge in [-0.2, -0.15) is 0 Å². The molecule has 16 heavy (non-hydrogen) atoms. The Bertz CT molecular complexity index is 200. The standard InChI is InChI=1S/C12H25N3O/c1-3-15(4-2)8-7-14-12(16)6-5-11-9-13-10-11/h11,13H,3-10H2,1-2H3,(H,14,16). The fraction of sp³-hybridized carbons (Fsp3) is 0.917. The van der Waals surface area contributed by atoms with E-state index in [0.717, 1.165) is 51.6 Å². The minimum absolute atomic E-state index is 0.207. The summed E-state index contributed by atoms with van der Waals surface area (Å²) >= 11 is 0. The highest BCUT2D eigenvalue weighted by Crippen LogP contribution is 2.10. The number of hydrogen-bond donors (Lipinski definition) is 2. The van der Waals surface area contributed by atoms with Gasteiger partial charge in [0.2, 0.25) is 5.91 Å². The van der Waals surface area contributed by atoms with Crippen LogP contribution >= 0.6 is 0 Å². The normalized spacial score (nSPS) is 16.2. The largest absolute Gasteiger partial charge is 0.355 e. The van der Waals surface area contributed by atoms with Crippen LogP contribution in [0.1, 0.15) is 26.7 Å². The molecule has 4 nitrogen and oxygen atoms in total. The minimum atomic E-state index is 0.207. The van der Waals surface area contributed by atoms with Crippen LogP contribution in [-0.2, 0) is 4.79 Å². The maximum atomic E-state index is 11.5. The summed E-state index contributed by atoms with van der Waals surface area (Å²) in [4.78, 5) is 13.8. The Kier molecular flexibility index (Phi) is 6.42. The van der Waals surface area contributed by atoms with Crippen molar-refractivity contribution in [2.75, 3.05) is 39.3 Å². The molecule has 0 spiro atoms. The van der Waals surface area contributed by atoms with Crippen LogP contribution in [0.15, 0.2) is 0 Å². The second-order valence-corrected chi connectivity index (χ2v) is 4.44. The molecule has 2 N–H and O–H groups in total. The van der Waals surface area contributed by atoms with E-state index in [1.54, 1.807) is 0 Å². The zero-order valence-corrected chi connectivity index (χ0v) is 10.6. The van der Waals surface area contributed by atoms with Crippen molar-refractivity contribution in [3.63, 3.8) is 0 Å². The topological polar surface area (TPSA) is 44.4 Å². The third-order valence-electron chi connectivity index (χ3n) is 3.29. The van der Waals surface area contributed by atoms with E-state index in [0.29, 0.717) is 6.42 Å². The molecule has 0 aromatic heterocycles. The molecule has 1 aliphatic rings. The highest BCUT2D eigenvalue weighted by Gasteiger charge is 2.17. The van der Waals surface area contributed by atoms with Crippen molar-refractivity contribution < 1.29 is 4.79 Å². The SMILES string of the molecule is CCN(CC)CCNC(=O)CCC1CNC1. The molecule has 0 bridgehead atoms. The van der Waals surface area contributed by atoms with Crippen molar-refractivity contribution in [2.24, 2.45) is 5.92 Å². The fourth-order valence-electron chi connectivity index (χ4n) is 1.87. The second-order valence-electron chi connectivity index (χ2n) is 4.44.